The largest absolute Gasteiger partial charge is 3.00 e. The summed E-state index contributed by atoms with van der Waals surface area (Å²) >= 11 is 1.53. The first-order chi connectivity index (χ1) is 32.6. The molecule has 11 aromatic rings. The van der Waals surface area contributed by atoms with Gasteiger partial charge < -0.3 is 19.1 Å². The molecule has 0 bridgehead atoms. The van der Waals surface area contributed by atoms with Crippen molar-refractivity contribution in [2.75, 3.05) is 38.5 Å². The number of thiazole rings is 1. The summed E-state index contributed by atoms with van der Waals surface area (Å²) in [5.74, 6) is 1.66. The summed E-state index contributed by atoms with van der Waals surface area (Å²) in [6.45, 7) is 5.21. The van der Waals surface area contributed by atoms with Crippen LogP contribution in [0.4, 0.5) is 11.4 Å². The molecule has 3 heterocycles. The molecule has 0 aliphatic carbocycles. The zero-order valence-electron chi connectivity index (χ0n) is 37.7. The van der Waals surface area contributed by atoms with E-state index in [9.17, 15) is 8.42 Å². The van der Waals surface area contributed by atoms with E-state index in [4.69, 9.17) is 9.47 Å². The zero-order chi connectivity index (χ0) is 46.5. The number of nitrogens with zero attached hydrogens (tertiary/aromatic N) is 9. The van der Waals surface area contributed by atoms with Crippen molar-refractivity contribution in [2.45, 2.75) is 13.8 Å². The summed E-state index contributed by atoms with van der Waals surface area (Å²) in [5, 5.41) is 23.1. The molecule has 11 rings (SSSR count). The van der Waals surface area contributed by atoms with Gasteiger partial charge >= 0.3 is 20.1 Å². The Balaban J connectivity index is 0.000000137. The molecule has 0 saturated heterocycles. The summed E-state index contributed by atoms with van der Waals surface area (Å²) in [4.78, 5) is 9.79. The Morgan fingerprint density at radius 1 is 0.603 bits per heavy atom. The van der Waals surface area contributed by atoms with Crippen molar-refractivity contribution in [1.29, 1.82) is 0 Å². The van der Waals surface area contributed by atoms with Crippen LogP contribution in [-0.4, -0.2) is 77.0 Å². The molecular formula is C52H44IrN9O4S2. The van der Waals surface area contributed by atoms with Gasteiger partial charge in [-0.1, -0.05) is 106 Å². The molecule has 13 nitrogen and oxygen atoms in total. The van der Waals surface area contributed by atoms with Crippen molar-refractivity contribution in [2.24, 2.45) is 0 Å². The Kier molecular flexibility index (Phi) is 14.4. The average molecular weight is 1120 g/mol. The Morgan fingerprint density at radius 3 is 1.46 bits per heavy atom. The average Bonchev–Trinajstić information content (AvgIpc) is 4.09. The van der Waals surface area contributed by atoms with Crippen LogP contribution in [0.25, 0.3) is 80.5 Å². The number of hydrogen-bond donors (Lipinski definition) is 0. The van der Waals surface area contributed by atoms with Gasteiger partial charge in [0.15, 0.2) is 0 Å². The minimum atomic E-state index is -3.50. The Bertz CT molecular complexity index is 3390. The predicted molar refractivity (Wildman–Crippen MR) is 270 cm³/mol. The normalized spacial score (nSPS) is 11.1. The third-order valence-corrected chi connectivity index (χ3v) is 12.0. The van der Waals surface area contributed by atoms with Crippen LogP contribution in [0.5, 0.6) is 11.5 Å². The maximum Gasteiger partial charge on any atom is 3.00 e. The van der Waals surface area contributed by atoms with Crippen LogP contribution in [0.1, 0.15) is 13.8 Å². The van der Waals surface area contributed by atoms with E-state index >= 15 is 0 Å². The maximum absolute atomic E-state index is 11.6. The van der Waals surface area contributed by atoms with Crippen molar-refractivity contribution < 1.29 is 38.0 Å². The van der Waals surface area contributed by atoms with Crippen molar-refractivity contribution in [3.8, 4) is 33.4 Å². The molecule has 8 aromatic carbocycles. The molecule has 0 saturated carbocycles. The maximum atomic E-state index is 11.6. The van der Waals surface area contributed by atoms with E-state index in [0.717, 1.165) is 99.2 Å². The SMILES string of the molecule is CCOc1c[c-]c(-n2nc3ccccc3n2)c2ccccc12.CCOc1c[c-]c(-n2nc3ccccc3n2)c2ccccc12.CN(C)c1ccc(-c2nc3ccccc3s2)c([N-]S(C)(=O)=O)c1.[Ir+3]. The topological polar surface area (TPSA) is 144 Å². The van der Waals surface area contributed by atoms with Crippen molar-refractivity contribution in [1.82, 2.24) is 35.0 Å². The zero-order valence-corrected chi connectivity index (χ0v) is 41.7. The molecule has 0 radical (unpaired) electrons. The van der Waals surface area contributed by atoms with Gasteiger partial charge in [-0.2, -0.15) is 42.1 Å². The molecular weight excluding hydrogens is 1070 g/mol. The van der Waals surface area contributed by atoms with Crippen LogP contribution >= 0.6 is 11.3 Å². The summed E-state index contributed by atoms with van der Waals surface area (Å²) in [5.41, 5.74) is 8.06. The summed E-state index contributed by atoms with van der Waals surface area (Å²) in [7, 11) is 0.303. The number of fused-ring (bicyclic) bond motifs is 5. The third-order valence-electron chi connectivity index (χ3n) is 10.4. The molecule has 0 amide bonds. The summed E-state index contributed by atoms with van der Waals surface area (Å²) < 4.78 is 39.6. The molecule has 342 valence electrons. The predicted octanol–water partition coefficient (Wildman–Crippen LogP) is 11.5. The molecule has 0 spiro atoms. The smallest absolute Gasteiger partial charge is 0.576 e. The standard InChI is InChI=1S/2C18H14N3O.C16H16N3O2S2.Ir/c2*1-2-22-18-12-11-17(13-7-3-4-8-14(13)18)21-19-15-9-5-6-10-16(15)20-21;1-19(2)11-8-9-12(14(10-11)18-23(3,20)21)16-17-13-6-4-5-7-15(13)22-16;/h2*3-10,12H,2H2,1H3;4-10H,1-3H3;/q3*-1;+3. The van der Waals surface area contributed by atoms with Gasteiger partial charge in [0.25, 0.3) is 0 Å². The Labute approximate surface area is 411 Å². The van der Waals surface area contributed by atoms with Gasteiger partial charge in [0.05, 0.1) is 33.5 Å². The number of sulfonamides is 1. The second-order valence-electron chi connectivity index (χ2n) is 15.3. The number of para-hydroxylation sites is 1. The molecule has 16 heteroatoms. The van der Waals surface area contributed by atoms with Crippen molar-refractivity contribution in [3.63, 3.8) is 0 Å². The molecule has 68 heavy (non-hydrogen) atoms. The van der Waals surface area contributed by atoms with E-state index in [1.54, 1.807) is 15.7 Å². The fourth-order valence-corrected chi connectivity index (χ4v) is 8.92. The number of rotatable bonds is 10. The van der Waals surface area contributed by atoms with Crippen LogP contribution in [0.2, 0.25) is 0 Å². The van der Waals surface area contributed by atoms with E-state index in [2.05, 4.69) is 42.2 Å². The second-order valence-corrected chi connectivity index (χ2v) is 18.0. The van der Waals surface area contributed by atoms with E-state index < -0.39 is 10.0 Å². The number of anilines is 1. The third kappa shape index (κ3) is 10.3. The van der Waals surface area contributed by atoms with Crippen LogP contribution < -0.4 is 14.4 Å². The fraction of sp³-hybridized carbons (Fsp3) is 0.135. The van der Waals surface area contributed by atoms with Crippen LogP contribution in [0.15, 0.2) is 152 Å². The summed E-state index contributed by atoms with van der Waals surface area (Å²) in [6.07, 6.45) is 1.09. The van der Waals surface area contributed by atoms with Gasteiger partial charge in [-0.15, -0.1) is 41.3 Å². The molecule has 3 aromatic heterocycles. The first-order valence-corrected chi connectivity index (χ1v) is 24.1. The van der Waals surface area contributed by atoms with E-state index in [1.165, 1.54) is 11.3 Å². The molecule has 0 atom stereocenters. The summed E-state index contributed by atoms with van der Waals surface area (Å²) in [6, 6.07) is 55.4. The molecule has 0 N–H and O–H groups in total. The first-order valence-electron chi connectivity index (χ1n) is 21.4. The van der Waals surface area contributed by atoms with Crippen molar-refractivity contribution in [3.05, 3.63) is 169 Å². The fourth-order valence-electron chi connectivity index (χ4n) is 7.41. The van der Waals surface area contributed by atoms with E-state index in [1.807, 2.05) is 178 Å². The number of ether oxygens (including phenoxy) is 2. The minimum Gasteiger partial charge on any atom is -0.576 e. The van der Waals surface area contributed by atoms with E-state index in [-0.39, 0.29) is 20.1 Å². The Morgan fingerprint density at radius 2 is 1.03 bits per heavy atom. The molecule has 0 unspecified atom stereocenters. The Hall–Kier alpha value is -7.23. The van der Waals surface area contributed by atoms with Crippen LogP contribution in [-0.2, 0) is 30.1 Å². The molecule has 0 fully saturated rings. The van der Waals surface area contributed by atoms with Crippen molar-refractivity contribution >= 4 is 86.6 Å². The number of aromatic nitrogens is 7. The van der Waals surface area contributed by atoms with Crippen LogP contribution in [0.3, 0.4) is 0 Å². The number of benzene rings is 8. The van der Waals surface area contributed by atoms with Crippen LogP contribution in [0, 0.1) is 12.1 Å². The molecule has 0 aliphatic rings. The van der Waals surface area contributed by atoms with Gasteiger partial charge in [0, 0.05) is 37.5 Å². The van der Waals surface area contributed by atoms with Gasteiger partial charge in [-0.3, -0.25) is 0 Å². The quantitative estimate of drug-likeness (QED) is 0.121. The van der Waals surface area contributed by atoms with Gasteiger partial charge in [0.1, 0.15) is 27.1 Å². The monoisotopic (exact) mass is 1120 g/mol. The molecule has 0 aliphatic heterocycles. The minimum absolute atomic E-state index is 0. The van der Waals surface area contributed by atoms with Gasteiger partial charge in [-0.05, 0) is 73.3 Å². The van der Waals surface area contributed by atoms with E-state index in [0.29, 0.717) is 18.9 Å². The number of hydrogen-bond acceptors (Lipinski definition) is 11. The first kappa shape index (κ1) is 47.3. The van der Waals surface area contributed by atoms with Gasteiger partial charge in [0.2, 0.25) is 0 Å². The van der Waals surface area contributed by atoms with Gasteiger partial charge in [-0.25, -0.2) is 13.4 Å². The second kappa shape index (κ2) is 20.7.